The van der Waals surface area contributed by atoms with Crippen LogP contribution in [0.5, 0.6) is 0 Å². The van der Waals surface area contributed by atoms with Gasteiger partial charge < -0.3 is 34.6 Å². The Morgan fingerprint density at radius 1 is 0.367 bits per heavy atom. The van der Waals surface area contributed by atoms with E-state index in [1.54, 1.807) is 119 Å². The van der Waals surface area contributed by atoms with Crippen molar-refractivity contribution in [3.8, 4) is 0 Å². The molecule has 2 N–H and O–H groups in total. The number of nitro groups is 5. The molecule has 128 heavy (non-hydrogen) atoms. The normalized spacial score (nSPS) is 10.6. The standard InChI is InChI=1S/C16H18BN2O2S.C16H16N2O3S.2C16H18N2O2S.C15H17FN2S.C9H11NOS.C7H6BrNO2/c1-12-8-9-16(14(10-12)18(20)21)22-15-7-5-4-6-13(15)11-19(2,3)17;1-11-8-9-15(13(10-11)18(20)21)22-14-7-5-4-6-12(14)16(19)17(2)3;2*1-12-8-9-16(14(10-12)18(19)20)21-15-7-5-4-6-13(15)11-17(2)3;1-18(2)10-11-5-3-4-6-14(11)19-15-8-7-12(16)9-13(15)17;1-10(2)9(11)7-5-3-4-6-8(7)12;1-5-2-3-6(8)7(4-5)9(10)11/h4-10H,11H2,1-3H3;4-10H,1-3H3;2*4-10H,11H2,1-3H3;3-9H,10,17H2,1-2H3;3-6,12H,1-2H3;2-4H,1H3/q+1;;;;;;/i;;;;16-1;;. The van der Waals surface area contributed by atoms with Gasteiger partial charge in [-0.1, -0.05) is 186 Å². The molecule has 12 aromatic carbocycles. The molecule has 0 bridgehead atoms. The molecular formula is C95H104BBrFN12O12S6+. The van der Waals surface area contributed by atoms with E-state index in [0.717, 1.165) is 82.4 Å². The molecule has 0 aliphatic heterocycles. The van der Waals surface area contributed by atoms with Gasteiger partial charge in [0.05, 0.1) is 66.3 Å². The second-order valence-corrected chi connectivity index (χ2v) is 37.6. The summed E-state index contributed by atoms with van der Waals surface area (Å²) in [5, 5.41) is 55.2. The van der Waals surface area contributed by atoms with E-state index in [0.29, 0.717) is 56.7 Å². The fraction of sp³-hybridized carbons (Fsp3) is 0.221. The SMILES string of the molecule is CN(C)C(=O)c1ccccc1S.CN(C)Cc1ccccc1Sc1ccc([18F])cc1N.Cc1ccc(Br)c([N+](=O)[O-])c1.Cc1ccc(Sc2ccccc2C(=O)N(C)C)c([N+](=O)[O-])c1.Cc1ccc(Sc2ccccc2CN(C)C)c([N+](=O)[O-])c1.Cc1ccc(Sc2ccccc2CN(C)C)c([N+](=O)[O-])c1.[B][N+](C)(C)Cc1ccccc1Sc1ccc(C)cc1[N+](=O)[O-]. The molecule has 0 heterocycles. The van der Waals surface area contributed by atoms with Gasteiger partial charge in [0.2, 0.25) is 0 Å². The van der Waals surface area contributed by atoms with E-state index in [4.69, 9.17) is 13.7 Å². The first-order valence-corrected chi connectivity index (χ1v) is 44.7. The Kier molecular flexibility index (Phi) is 42.6. The van der Waals surface area contributed by atoms with Crippen LogP contribution in [-0.2, 0) is 26.2 Å². The fourth-order valence-electron chi connectivity index (χ4n) is 11.7. The Bertz CT molecular complexity index is 5740. The first kappa shape index (κ1) is 106. The number of anilines is 1. The van der Waals surface area contributed by atoms with Crippen molar-refractivity contribution in [2.75, 3.05) is 90.3 Å². The molecule has 0 fully saturated rings. The van der Waals surface area contributed by atoms with Gasteiger partial charge in [-0.25, -0.2) is 4.39 Å². The number of quaternary nitrogens is 1. The highest BCUT2D eigenvalue weighted by Crippen LogP contribution is 2.43. The zero-order valence-electron chi connectivity index (χ0n) is 74.3. The van der Waals surface area contributed by atoms with Crippen LogP contribution >= 0.6 is 87.4 Å². The van der Waals surface area contributed by atoms with Gasteiger partial charge in [-0.2, -0.15) is 0 Å². The van der Waals surface area contributed by atoms with Crippen LogP contribution in [0, 0.1) is 91.0 Å². The average molecular weight is 1910 g/mol. The third kappa shape index (κ3) is 35.1. The topological polar surface area (TPSA) is 292 Å². The Labute approximate surface area is 784 Å². The zero-order chi connectivity index (χ0) is 94.8. The minimum absolute atomic E-state index is 0.0133. The van der Waals surface area contributed by atoms with Crippen molar-refractivity contribution in [2.45, 2.75) is 115 Å². The molecule has 0 aliphatic carbocycles. The van der Waals surface area contributed by atoms with Crippen molar-refractivity contribution in [3.63, 3.8) is 0 Å². The van der Waals surface area contributed by atoms with Gasteiger partial charge in [0.25, 0.3) is 40.3 Å². The van der Waals surface area contributed by atoms with Gasteiger partial charge in [0.1, 0.15) is 5.82 Å². The number of carbonyl (C=O) groups excluding carboxylic acids is 2. The second-order valence-electron chi connectivity index (χ2n) is 30.8. The average Bonchev–Trinajstić information content (AvgIpc) is 0.833. The van der Waals surface area contributed by atoms with E-state index in [9.17, 15) is 64.6 Å². The minimum atomic E-state index is -0.406. The van der Waals surface area contributed by atoms with E-state index < -0.39 is 9.85 Å². The Morgan fingerprint density at radius 3 is 0.945 bits per heavy atom. The lowest BCUT2D eigenvalue weighted by atomic mass is 10.1. The van der Waals surface area contributed by atoms with E-state index >= 15 is 0 Å². The van der Waals surface area contributed by atoms with Crippen LogP contribution in [0.3, 0.4) is 0 Å². The Balaban J connectivity index is 0.000000233. The smallest absolute Gasteiger partial charge is 0.398 e. The Hall–Kier alpha value is -11.2. The number of benzene rings is 12. The summed E-state index contributed by atoms with van der Waals surface area (Å²) in [6.45, 7) is 12.3. The van der Waals surface area contributed by atoms with Crippen LogP contribution in [0.2, 0.25) is 0 Å². The van der Waals surface area contributed by atoms with Crippen LogP contribution < -0.4 is 5.73 Å². The van der Waals surface area contributed by atoms with Gasteiger partial charge in [0.15, 0.2) is 0 Å². The fourth-order valence-corrected chi connectivity index (χ4v) is 17.4. The quantitative estimate of drug-likeness (QED) is 0.0177. The zero-order valence-corrected chi connectivity index (χ0v) is 80.9. The molecule has 0 saturated heterocycles. The molecule has 668 valence electrons. The van der Waals surface area contributed by atoms with Gasteiger partial charge in [-0.05, 0) is 234 Å². The van der Waals surface area contributed by atoms with Crippen LogP contribution in [0.25, 0.3) is 0 Å². The Morgan fingerprint density at radius 2 is 0.633 bits per heavy atom. The molecule has 24 nitrogen and oxygen atoms in total. The number of carbonyl (C=O) groups is 2. The first-order valence-electron chi connectivity index (χ1n) is 39.4. The van der Waals surface area contributed by atoms with E-state index in [-0.39, 0.29) is 60.8 Å². The summed E-state index contributed by atoms with van der Waals surface area (Å²) in [5.74, 6) is -0.443. The highest BCUT2D eigenvalue weighted by Gasteiger charge is 2.24. The molecule has 12 rings (SSSR count). The molecule has 0 aromatic heterocycles. The van der Waals surface area contributed by atoms with Crippen molar-refractivity contribution in [1.29, 1.82) is 0 Å². The monoisotopic (exact) mass is 1900 g/mol. The summed E-state index contributed by atoms with van der Waals surface area (Å²) in [6, 6.07) is 77.1. The van der Waals surface area contributed by atoms with Crippen LogP contribution in [-0.4, -0.2) is 158 Å². The summed E-state index contributed by atoms with van der Waals surface area (Å²) >= 11 is 14.4. The summed E-state index contributed by atoms with van der Waals surface area (Å²) in [7, 11) is 28.8. The van der Waals surface area contributed by atoms with Crippen molar-refractivity contribution >= 4 is 141 Å². The predicted octanol–water partition coefficient (Wildman–Crippen LogP) is 23.7. The lowest BCUT2D eigenvalue weighted by Crippen LogP contribution is -2.35. The number of thiol groups is 1. The van der Waals surface area contributed by atoms with Gasteiger partial charge in [-0.15, -0.1) is 12.6 Å². The van der Waals surface area contributed by atoms with Crippen LogP contribution in [0.1, 0.15) is 70.8 Å². The number of hydrogen-bond acceptors (Lipinski definition) is 22. The molecule has 0 saturated carbocycles. The molecule has 12 aromatic rings. The van der Waals surface area contributed by atoms with Crippen molar-refractivity contribution < 1.29 is 43.0 Å². The summed E-state index contributed by atoms with van der Waals surface area (Å²) < 4.78 is 13.9. The van der Waals surface area contributed by atoms with Crippen molar-refractivity contribution in [1.82, 2.24) is 24.5 Å². The summed E-state index contributed by atoms with van der Waals surface area (Å²) in [6.07, 6.45) is 0. The third-order valence-corrected chi connectivity index (χ3v) is 24.6. The van der Waals surface area contributed by atoms with E-state index in [2.05, 4.69) is 67.5 Å². The second kappa shape index (κ2) is 51.7. The highest BCUT2D eigenvalue weighted by atomic mass is 79.9. The van der Waals surface area contributed by atoms with Gasteiger partial charge >= 0.3 is 7.98 Å². The third-order valence-electron chi connectivity index (χ3n) is 17.6. The number of hydrogen-bond donors (Lipinski definition) is 2. The number of rotatable bonds is 25. The molecule has 0 aliphatic rings. The number of nitrogens with zero attached hydrogens (tertiary/aromatic N) is 11. The number of nitro benzene ring substituents is 5. The molecule has 0 atom stereocenters. The lowest BCUT2D eigenvalue weighted by molar-refractivity contribution is -0.788. The number of nitrogen functional groups attached to an aromatic ring is 1. The molecule has 33 heteroatoms. The van der Waals surface area contributed by atoms with E-state index in [1.165, 1.54) is 91.7 Å². The maximum atomic E-state index is 13.0. The van der Waals surface area contributed by atoms with E-state index in [1.807, 2.05) is 224 Å². The molecule has 2 amide bonds. The first-order chi connectivity index (χ1) is 60.4. The lowest BCUT2D eigenvalue weighted by Gasteiger charge is -2.25. The minimum Gasteiger partial charge on any atom is -0.398 e. The number of halogens is 2. The summed E-state index contributed by atoms with van der Waals surface area (Å²) in [5.41, 5.74) is 17.2. The van der Waals surface area contributed by atoms with Crippen LogP contribution in [0.15, 0.2) is 313 Å². The van der Waals surface area contributed by atoms with Crippen LogP contribution in [0.4, 0.5) is 38.5 Å². The molecule has 2 radical (unpaired) electrons. The maximum absolute atomic E-state index is 13.0. The number of nitrogens with two attached hydrogens (primary N) is 1. The van der Waals surface area contributed by atoms with Gasteiger partial charge in [-0.3, -0.25) is 60.2 Å². The largest absolute Gasteiger partial charge is 0.481 e. The van der Waals surface area contributed by atoms with Crippen molar-refractivity contribution in [3.05, 3.63) is 377 Å². The summed E-state index contributed by atoms with van der Waals surface area (Å²) in [4.78, 5) is 95.5. The molecular weight excluding hydrogens is 1800 g/mol. The predicted molar refractivity (Wildman–Crippen MR) is 524 cm³/mol. The van der Waals surface area contributed by atoms with Gasteiger partial charge in [0, 0.05) is 138 Å². The number of aryl methyl sites for hydroxylation is 5. The molecule has 0 spiro atoms. The number of amides is 2. The highest BCUT2D eigenvalue weighted by molar-refractivity contribution is 9.10. The maximum Gasteiger partial charge on any atom is 0.481 e. The van der Waals surface area contributed by atoms with Crippen molar-refractivity contribution in [2.24, 2.45) is 0 Å². The molecule has 0 unspecified atom stereocenters.